The standard InChI is InChI=1S/C64H85FN14O7S/c1-41-34-76(26-25-75(41)36-49-37-78(61(82)86-62(5,6)7)42(2)35-77(49)38-56(80)79-39-64(11,12)57-52(79)29-46(32-67-57)28-45-14-17-48(65)18-15-45)55-19-16-47(33-66-55)60(81)74-23-21-73(22-24-74)20-13-27-85-53-31-51-50(30-54(53)87(83,84)63(8,9)10)59(69-40-68-51)70-58-43(3)44(4)71-72-58/h14-19,29-33,40-42,49H,13,20-28,34-39H2,1-12H3,(H2,68,69,70,71,72)/t41-,42?,49?/m1/s1. The van der Waals surface area contributed by atoms with Crippen molar-refractivity contribution in [3.05, 3.63) is 113 Å². The molecule has 0 saturated carbocycles. The predicted octanol–water partition coefficient (Wildman–Crippen LogP) is 8.18. The lowest BCUT2D eigenvalue weighted by molar-refractivity contribution is -0.121. The number of aromatic nitrogens is 6. The molecule has 3 fully saturated rings. The Hall–Kier alpha value is -7.34. The number of benzene rings is 2. The van der Waals surface area contributed by atoms with E-state index in [1.54, 1.807) is 51.2 Å². The Balaban J connectivity index is 0.728. The maximum absolute atomic E-state index is 14.7. The molecule has 0 radical (unpaired) electrons. The first-order valence-corrected chi connectivity index (χ1v) is 31.8. The highest BCUT2D eigenvalue weighted by molar-refractivity contribution is 7.92. The van der Waals surface area contributed by atoms with Crippen molar-refractivity contribution < 1.29 is 36.7 Å². The van der Waals surface area contributed by atoms with Crippen molar-refractivity contribution in [3.8, 4) is 5.75 Å². The normalized spacial score (nSPS) is 19.8. The van der Waals surface area contributed by atoms with Crippen molar-refractivity contribution >= 4 is 61.8 Å². The van der Waals surface area contributed by atoms with Crippen LogP contribution in [0, 0.1) is 19.7 Å². The average Bonchev–Trinajstić information content (AvgIpc) is 2.05. The Morgan fingerprint density at radius 2 is 1.57 bits per heavy atom. The molecule has 6 aromatic rings. The van der Waals surface area contributed by atoms with Gasteiger partial charge in [0.15, 0.2) is 9.84 Å². The number of rotatable bonds is 16. The summed E-state index contributed by atoms with van der Waals surface area (Å²) in [5.41, 5.74) is 5.36. The van der Waals surface area contributed by atoms with Gasteiger partial charge >= 0.3 is 6.09 Å². The summed E-state index contributed by atoms with van der Waals surface area (Å²) in [7, 11) is -3.85. The molecule has 466 valence electrons. The Labute approximate surface area is 510 Å². The van der Waals surface area contributed by atoms with Gasteiger partial charge in [-0.2, -0.15) is 5.10 Å². The van der Waals surface area contributed by atoms with E-state index in [0.29, 0.717) is 113 Å². The van der Waals surface area contributed by atoms with Crippen LogP contribution in [-0.4, -0.2) is 201 Å². The second-order valence-electron chi connectivity index (χ2n) is 26.6. The van der Waals surface area contributed by atoms with Crippen LogP contribution in [0.15, 0.2) is 78.2 Å². The van der Waals surface area contributed by atoms with Crippen LogP contribution in [0.3, 0.4) is 0 Å². The SMILES string of the molecule is Cc1n[nH]c(Nc2ncnc3cc(OCCCN4CCN(C(=O)c5ccc(N6CCN(CC7CN(C(=O)OC(C)(C)C)C(C)CN7CC(=O)N7CC(C)(C)c8ncc(Cc9ccc(F)cc9)cc87)[C@H](C)C6)nc5)CC4)c(S(=O)(=O)C(C)(C)C)cc23)c1C. The van der Waals surface area contributed by atoms with Gasteiger partial charge < -0.3 is 34.4 Å². The van der Waals surface area contributed by atoms with Crippen LogP contribution in [0.2, 0.25) is 0 Å². The molecule has 10 rings (SSSR count). The van der Waals surface area contributed by atoms with Gasteiger partial charge in [-0.3, -0.25) is 34.4 Å². The summed E-state index contributed by atoms with van der Waals surface area (Å²) >= 11 is 0. The number of hydrogen-bond acceptors (Lipinski definition) is 17. The van der Waals surface area contributed by atoms with Crippen molar-refractivity contribution in [1.82, 2.24) is 54.6 Å². The Morgan fingerprint density at radius 3 is 2.24 bits per heavy atom. The van der Waals surface area contributed by atoms with Gasteiger partial charge in [0, 0.05) is 131 Å². The first-order chi connectivity index (χ1) is 41.1. The summed E-state index contributed by atoms with van der Waals surface area (Å²) in [6, 6.07) is 15.3. The zero-order valence-corrected chi connectivity index (χ0v) is 53.3. The Kier molecular flexibility index (Phi) is 18.0. The van der Waals surface area contributed by atoms with E-state index < -0.39 is 20.2 Å². The summed E-state index contributed by atoms with van der Waals surface area (Å²) in [5.74, 6) is 1.76. The maximum Gasteiger partial charge on any atom is 0.410 e. The second kappa shape index (κ2) is 25.0. The van der Waals surface area contributed by atoms with E-state index >= 15 is 0 Å². The predicted molar refractivity (Wildman–Crippen MR) is 334 cm³/mol. The number of piperazine rings is 3. The highest BCUT2D eigenvalue weighted by Crippen LogP contribution is 2.41. The number of ether oxygens (including phenoxy) is 2. The van der Waals surface area contributed by atoms with Crippen molar-refractivity contribution in [2.45, 2.75) is 135 Å². The number of anilines is 4. The highest BCUT2D eigenvalue weighted by Gasteiger charge is 2.44. The van der Waals surface area contributed by atoms with Crippen LogP contribution in [0.5, 0.6) is 5.75 Å². The fraction of sp³-hybridized carbons (Fsp3) is 0.531. The minimum atomic E-state index is -3.85. The van der Waals surface area contributed by atoms with Gasteiger partial charge in [0.1, 0.15) is 45.8 Å². The molecule has 0 bridgehead atoms. The van der Waals surface area contributed by atoms with Crippen LogP contribution in [-0.2, 0) is 31.2 Å². The molecule has 0 spiro atoms. The molecule has 3 saturated heterocycles. The zero-order chi connectivity index (χ0) is 62.3. The van der Waals surface area contributed by atoms with Gasteiger partial charge in [-0.1, -0.05) is 26.0 Å². The zero-order valence-electron chi connectivity index (χ0n) is 52.5. The first-order valence-electron chi connectivity index (χ1n) is 30.3. The summed E-state index contributed by atoms with van der Waals surface area (Å²) in [6.45, 7) is 30.6. The number of amides is 3. The summed E-state index contributed by atoms with van der Waals surface area (Å²) in [5, 5.41) is 11.0. The first kappa shape index (κ1) is 62.7. The largest absolute Gasteiger partial charge is 0.492 e. The number of fused-ring (bicyclic) bond motifs is 2. The van der Waals surface area contributed by atoms with Gasteiger partial charge in [-0.05, 0) is 130 Å². The molecule has 21 nitrogen and oxygen atoms in total. The molecule has 4 aromatic heterocycles. The monoisotopic (exact) mass is 1210 g/mol. The van der Waals surface area contributed by atoms with Crippen molar-refractivity contribution in [2.75, 3.05) is 107 Å². The van der Waals surface area contributed by atoms with Gasteiger partial charge in [-0.25, -0.2) is 32.6 Å². The third kappa shape index (κ3) is 14.0. The Morgan fingerprint density at radius 1 is 0.828 bits per heavy atom. The van der Waals surface area contributed by atoms with Crippen LogP contribution in [0.4, 0.5) is 32.3 Å². The van der Waals surface area contributed by atoms with Gasteiger partial charge in [0.25, 0.3) is 5.91 Å². The fourth-order valence-corrected chi connectivity index (χ4v) is 13.4. The third-order valence-electron chi connectivity index (χ3n) is 17.3. The molecular formula is C64H85FN14O7S. The van der Waals surface area contributed by atoms with E-state index in [2.05, 4.69) is 71.9 Å². The van der Waals surface area contributed by atoms with E-state index in [4.69, 9.17) is 19.4 Å². The van der Waals surface area contributed by atoms with E-state index in [-0.39, 0.29) is 71.1 Å². The lowest BCUT2D eigenvalue weighted by Gasteiger charge is -2.48. The van der Waals surface area contributed by atoms with Crippen LogP contribution >= 0.6 is 0 Å². The van der Waals surface area contributed by atoms with Gasteiger partial charge in [0.05, 0.1) is 46.1 Å². The number of carbonyl (C=O) groups is 3. The molecule has 23 heteroatoms. The number of aromatic amines is 1. The number of aryl methyl sites for hydroxylation is 1. The maximum atomic E-state index is 14.7. The van der Waals surface area contributed by atoms with Crippen LogP contribution < -0.4 is 19.9 Å². The number of H-pyrrole nitrogens is 1. The minimum absolute atomic E-state index is 0.0272. The molecular weight excluding hydrogens is 1130 g/mol. The molecule has 8 heterocycles. The third-order valence-corrected chi connectivity index (χ3v) is 19.8. The van der Waals surface area contributed by atoms with E-state index in [9.17, 15) is 27.2 Å². The molecule has 3 atom stereocenters. The smallest absolute Gasteiger partial charge is 0.410 e. The molecule has 4 aliphatic rings. The minimum Gasteiger partial charge on any atom is -0.492 e. The topological polar surface area (TPSA) is 219 Å². The van der Waals surface area contributed by atoms with Gasteiger partial charge in [-0.15, -0.1) is 0 Å². The average molecular weight is 1210 g/mol. The van der Waals surface area contributed by atoms with Crippen LogP contribution in [0.1, 0.15) is 114 Å². The number of pyridine rings is 2. The number of nitrogens with one attached hydrogen (secondary N) is 2. The summed E-state index contributed by atoms with van der Waals surface area (Å²) in [4.78, 5) is 75.8. The van der Waals surface area contributed by atoms with Crippen molar-refractivity contribution in [1.29, 1.82) is 0 Å². The summed E-state index contributed by atoms with van der Waals surface area (Å²) < 4.78 is 52.9. The molecule has 2 unspecified atom stereocenters. The van der Waals surface area contributed by atoms with Crippen LogP contribution in [0.25, 0.3) is 10.9 Å². The quantitative estimate of drug-likeness (QED) is 0.0873. The van der Waals surface area contributed by atoms with E-state index in [0.717, 1.165) is 46.1 Å². The number of nitrogens with zero attached hydrogens (tertiary/aromatic N) is 12. The number of carbonyl (C=O) groups excluding carboxylic acids is 3. The highest BCUT2D eigenvalue weighted by atomic mass is 32.2. The number of sulfone groups is 1. The molecule has 4 aliphatic heterocycles. The Bertz CT molecular complexity index is 3600. The van der Waals surface area contributed by atoms with Gasteiger partial charge in [0.2, 0.25) is 5.91 Å². The molecule has 2 N–H and O–H groups in total. The van der Waals surface area contributed by atoms with E-state index in [1.165, 1.54) is 18.5 Å². The number of halogens is 1. The molecule has 3 amide bonds. The lowest BCUT2D eigenvalue weighted by Crippen LogP contribution is -2.65. The fourth-order valence-electron chi connectivity index (χ4n) is 12.1. The molecule has 87 heavy (non-hydrogen) atoms. The molecule has 2 aromatic carbocycles. The van der Waals surface area contributed by atoms with Crippen molar-refractivity contribution in [3.63, 3.8) is 0 Å². The molecule has 0 aliphatic carbocycles. The second-order valence-corrected chi connectivity index (χ2v) is 29.2. The van der Waals surface area contributed by atoms with Crippen molar-refractivity contribution in [2.24, 2.45) is 0 Å². The van der Waals surface area contributed by atoms with E-state index in [1.807, 2.05) is 74.6 Å². The lowest BCUT2D eigenvalue weighted by atomic mass is 9.91. The summed E-state index contributed by atoms with van der Waals surface area (Å²) in [6.07, 6.45) is 5.80. The number of hydrogen-bond donors (Lipinski definition) is 2.